The molecule has 3 amide bonds. The largest absolute Gasteiger partial charge is 0.481 e. The molecular formula is C11H10BrClN2O4. The van der Waals surface area contributed by atoms with Crippen LogP contribution in [0.5, 0.6) is 0 Å². The number of imide groups is 1. The zero-order chi connectivity index (χ0) is 14.4. The van der Waals surface area contributed by atoms with Gasteiger partial charge < -0.3 is 10.4 Å². The van der Waals surface area contributed by atoms with Crippen molar-refractivity contribution < 1.29 is 19.5 Å². The van der Waals surface area contributed by atoms with Gasteiger partial charge in [-0.05, 0) is 34.1 Å². The van der Waals surface area contributed by atoms with Gasteiger partial charge in [-0.3, -0.25) is 14.9 Å². The average molecular weight is 350 g/mol. The predicted octanol–water partition coefficient (Wildman–Crippen LogP) is 2.62. The number of aliphatic carboxylic acids is 1. The molecule has 1 rings (SSSR count). The van der Waals surface area contributed by atoms with Gasteiger partial charge in [0.1, 0.15) is 0 Å². The number of halogens is 2. The first-order valence-electron chi connectivity index (χ1n) is 5.16. The lowest BCUT2D eigenvalue weighted by Crippen LogP contribution is -2.34. The monoisotopic (exact) mass is 348 g/mol. The molecular weight excluding hydrogens is 339 g/mol. The third-order valence-corrected chi connectivity index (χ3v) is 3.23. The van der Waals surface area contributed by atoms with Crippen molar-refractivity contribution in [2.75, 3.05) is 5.32 Å². The molecule has 0 radical (unpaired) electrons. The van der Waals surface area contributed by atoms with E-state index >= 15 is 0 Å². The Morgan fingerprint density at radius 3 is 2.53 bits per heavy atom. The third kappa shape index (κ3) is 5.71. The summed E-state index contributed by atoms with van der Waals surface area (Å²) in [5, 5.41) is 13.2. The molecule has 0 aliphatic heterocycles. The van der Waals surface area contributed by atoms with Crippen molar-refractivity contribution in [3.63, 3.8) is 0 Å². The lowest BCUT2D eigenvalue weighted by Gasteiger charge is -2.07. The first-order valence-corrected chi connectivity index (χ1v) is 6.33. The van der Waals surface area contributed by atoms with E-state index in [1.54, 1.807) is 12.1 Å². The topological polar surface area (TPSA) is 95.5 Å². The molecule has 0 aromatic heterocycles. The Hall–Kier alpha value is -1.60. The first-order chi connectivity index (χ1) is 8.88. The summed E-state index contributed by atoms with van der Waals surface area (Å²) in [5.41, 5.74) is 0.414. The van der Waals surface area contributed by atoms with Crippen LogP contribution >= 0.6 is 27.5 Å². The molecule has 0 atom stereocenters. The summed E-state index contributed by atoms with van der Waals surface area (Å²) in [5.74, 6) is -1.77. The van der Waals surface area contributed by atoms with Crippen molar-refractivity contribution in [3.8, 4) is 0 Å². The minimum absolute atomic E-state index is 0.260. The number of benzene rings is 1. The second kappa shape index (κ2) is 7.10. The van der Waals surface area contributed by atoms with Crippen LogP contribution in [0.3, 0.4) is 0 Å². The Balaban J connectivity index is 2.48. The summed E-state index contributed by atoms with van der Waals surface area (Å²) < 4.78 is 0.678. The maximum Gasteiger partial charge on any atom is 0.325 e. The van der Waals surface area contributed by atoms with E-state index < -0.39 is 17.9 Å². The predicted molar refractivity (Wildman–Crippen MR) is 73.2 cm³/mol. The Kier molecular flexibility index (Phi) is 5.78. The Morgan fingerprint density at radius 1 is 1.26 bits per heavy atom. The van der Waals surface area contributed by atoms with Gasteiger partial charge in [-0.1, -0.05) is 11.6 Å². The number of urea groups is 1. The van der Waals surface area contributed by atoms with Gasteiger partial charge in [-0.2, -0.15) is 0 Å². The van der Waals surface area contributed by atoms with Crippen LogP contribution in [-0.4, -0.2) is 23.0 Å². The fourth-order valence-corrected chi connectivity index (χ4v) is 1.57. The number of anilines is 1. The van der Waals surface area contributed by atoms with Crippen molar-refractivity contribution in [2.45, 2.75) is 12.8 Å². The number of nitrogens with one attached hydrogen (secondary N) is 2. The number of carbonyl (C=O) groups is 3. The van der Waals surface area contributed by atoms with Crippen LogP contribution in [0.1, 0.15) is 12.8 Å². The normalized spacial score (nSPS) is 9.79. The molecule has 0 saturated heterocycles. The van der Waals surface area contributed by atoms with Crippen LogP contribution in [0.25, 0.3) is 0 Å². The minimum Gasteiger partial charge on any atom is -0.481 e. The second-order valence-electron chi connectivity index (χ2n) is 3.52. The number of hydrogen-bond acceptors (Lipinski definition) is 3. The average Bonchev–Trinajstić information content (AvgIpc) is 2.31. The number of carbonyl (C=O) groups excluding carboxylic acids is 2. The van der Waals surface area contributed by atoms with Gasteiger partial charge in [0, 0.05) is 16.6 Å². The molecule has 8 heteroatoms. The van der Waals surface area contributed by atoms with Crippen LogP contribution in [0.2, 0.25) is 5.02 Å². The highest BCUT2D eigenvalue weighted by atomic mass is 79.9. The zero-order valence-corrected chi connectivity index (χ0v) is 11.9. The van der Waals surface area contributed by atoms with E-state index in [1.807, 2.05) is 5.32 Å². The lowest BCUT2D eigenvalue weighted by molar-refractivity contribution is -0.138. The molecule has 0 unspecified atom stereocenters. The van der Waals surface area contributed by atoms with E-state index in [0.29, 0.717) is 15.2 Å². The van der Waals surface area contributed by atoms with Gasteiger partial charge in [-0.15, -0.1) is 0 Å². The smallest absolute Gasteiger partial charge is 0.325 e. The molecule has 0 aliphatic rings. The Morgan fingerprint density at radius 2 is 1.95 bits per heavy atom. The summed E-state index contributed by atoms with van der Waals surface area (Å²) >= 11 is 9.04. The van der Waals surface area contributed by atoms with Gasteiger partial charge in [0.15, 0.2) is 0 Å². The molecule has 19 heavy (non-hydrogen) atoms. The number of carboxylic acids is 1. The van der Waals surface area contributed by atoms with Crippen molar-refractivity contribution in [2.24, 2.45) is 0 Å². The molecule has 6 nitrogen and oxygen atoms in total. The van der Waals surface area contributed by atoms with Gasteiger partial charge in [-0.25, -0.2) is 4.79 Å². The van der Waals surface area contributed by atoms with Crippen LogP contribution in [-0.2, 0) is 9.59 Å². The van der Waals surface area contributed by atoms with Crippen LogP contribution in [0.15, 0.2) is 22.7 Å². The molecule has 0 bridgehead atoms. The van der Waals surface area contributed by atoms with E-state index in [4.69, 9.17) is 16.7 Å². The summed E-state index contributed by atoms with van der Waals surface area (Å²) in [6, 6.07) is 4.00. The zero-order valence-electron chi connectivity index (χ0n) is 9.57. The lowest BCUT2D eigenvalue weighted by atomic mass is 10.3. The van der Waals surface area contributed by atoms with E-state index in [1.165, 1.54) is 6.07 Å². The van der Waals surface area contributed by atoms with Crippen LogP contribution in [0, 0.1) is 0 Å². The van der Waals surface area contributed by atoms with E-state index in [0.717, 1.165) is 0 Å². The van der Waals surface area contributed by atoms with E-state index in [-0.39, 0.29) is 12.8 Å². The molecule has 1 aromatic rings. The standard InChI is InChI=1S/C11H10BrClN2O4/c12-7-2-1-6(5-8(7)13)14-11(19)15-9(16)3-4-10(17)18/h1-2,5H,3-4H2,(H,17,18)(H2,14,15,16,19). The maximum absolute atomic E-state index is 11.4. The van der Waals surface area contributed by atoms with E-state index in [9.17, 15) is 14.4 Å². The second-order valence-corrected chi connectivity index (χ2v) is 4.79. The Bertz CT molecular complexity index is 521. The number of carboxylic acid groups (broad SMARTS) is 1. The molecule has 0 heterocycles. The number of amides is 3. The van der Waals surface area contributed by atoms with Crippen molar-refractivity contribution >= 4 is 51.1 Å². The summed E-state index contributed by atoms with van der Waals surface area (Å²) in [7, 11) is 0. The van der Waals surface area contributed by atoms with Gasteiger partial charge in [0.05, 0.1) is 11.4 Å². The van der Waals surface area contributed by atoms with Gasteiger partial charge >= 0.3 is 12.0 Å². The van der Waals surface area contributed by atoms with Crippen molar-refractivity contribution in [3.05, 3.63) is 27.7 Å². The van der Waals surface area contributed by atoms with Gasteiger partial charge in [0.2, 0.25) is 5.91 Å². The van der Waals surface area contributed by atoms with Crippen LogP contribution < -0.4 is 10.6 Å². The first kappa shape index (κ1) is 15.5. The molecule has 1 aromatic carbocycles. The van der Waals surface area contributed by atoms with E-state index in [2.05, 4.69) is 21.2 Å². The van der Waals surface area contributed by atoms with Crippen molar-refractivity contribution in [1.82, 2.24) is 5.32 Å². The highest BCUT2D eigenvalue weighted by Crippen LogP contribution is 2.25. The summed E-state index contributed by atoms with van der Waals surface area (Å²) in [4.78, 5) is 32.9. The van der Waals surface area contributed by atoms with Crippen LogP contribution in [0.4, 0.5) is 10.5 Å². The highest BCUT2D eigenvalue weighted by Gasteiger charge is 2.10. The fourth-order valence-electron chi connectivity index (χ4n) is 1.15. The molecule has 3 N–H and O–H groups in total. The third-order valence-electron chi connectivity index (χ3n) is 2.00. The maximum atomic E-state index is 11.4. The molecule has 0 fully saturated rings. The number of hydrogen-bond donors (Lipinski definition) is 3. The SMILES string of the molecule is O=C(O)CCC(=O)NC(=O)Nc1ccc(Br)c(Cl)c1. The Labute approximate surface area is 122 Å². The highest BCUT2D eigenvalue weighted by molar-refractivity contribution is 9.10. The van der Waals surface area contributed by atoms with Gasteiger partial charge in [0.25, 0.3) is 0 Å². The minimum atomic E-state index is -1.10. The molecule has 0 aliphatic carbocycles. The summed E-state index contributed by atoms with van der Waals surface area (Å²) in [6.45, 7) is 0. The van der Waals surface area contributed by atoms with Crippen molar-refractivity contribution in [1.29, 1.82) is 0 Å². The quantitative estimate of drug-likeness (QED) is 0.778. The summed E-state index contributed by atoms with van der Waals surface area (Å²) in [6.07, 6.45) is -0.590. The molecule has 102 valence electrons. The molecule has 0 spiro atoms. The fraction of sp³-hybridized carbons (Fsp3) is 0.182. The molecule has 0 saturated carbocycles. The number of rotatable bonds is 4.